The molecule has 0 aliphatic carbocycles. The van der Waals surface area contributed by atoms with Gasteiger partial charge >= 0.3 is 6.09 Å². The molecule has 1 aliphatic rings. The van der Waals surface area contributed by atoms with Crippen molar-refractivity contribution in [3.63, 3.8) is 0 Å². The second-order valence-electron chi connectivity index (χ2n) is 7.58. The number of hydrogen-bond donors (Lipinski definition) is 0. The number of cyclic esters (lactones) is 1. The van der Waals surface area contributed by atoms with Crippen LogP contribution in [0.5, 0.6) is 0 Å². The van der Waals surface area contributed by atoms with Gasteiger partial charge in [0.1, 0.15) is 17.7 Å². The minimum absolute atomic E-state index is 0.0434. The van der Waals surface area contributed by atoms with Crippen LogP contribution in [0.1, 0.15) is 42.1 Å². The van der Waals surface area contributed by atoms with Crippen molar-refractivity contribution in [1.82, 2.24) is 4.90 Å². The molecule has 0 spiro atoms. The van der Waals surface area contributed by atoms with E-state index in [1.165, 1.54) is 24.3 Å². The maximum absolute atomic E-state index is 13.4. The zero-order valence-corrected chi connectivity index (χ0v) is 16.9. The van der Waals surface area contributed by atoms with Gasteiger partial charge in [-0.1, -0.05) is 54.6 Å². The van der Waals surface area contributed by atoms with Crippen molar-refractivity contribution >= 4 is 12.0 Å². The molecule has 158 valence electrons. The summed E-state index contributed by atoms with van der Waals surface area (Å²) in [6, 6.07) is 20.4. The second kappa shape index (κ2) is 8.68. The molecule has 2 amide bonds. The van der Waals surface area contributed by atoms with Crippen molar-refractivity contribution in [3.8, 4) is 0 Å². The van der Waals surface area contributed by atoms with Crippen LogP contribution in [-0.4, -0.2) is 22.9 Å². The van der Waals surface area contributed by atoms with Gasteiger partial charge in [0.05, 0.1) is 6.04 Å². The van der Waals surface area contributed by atoms with E-state index in [1.54, 1.807) is 31.2 Å². The molecule has 0 aromatic heterocycles. The second-order valence-corrected chi connectivity index (χ2v) is 7.58. The molecule has 0 saturated carbocycles. The zero-order valence-electron chi connectivity index (χ0n) is 16.9. The lowest BCUT2D eigenvalue weighted by molar-refractivity contribution is -0.129. The van der Waals surface area contributed by atoms with Crippen LogP contribution in [0.2, 0.25) is 0 Å². The highest BCUT2D eigenvalue weighted by molar-refractivity contribution is 5.94. The maximum Gasteiger partial charge on any atom is 0.417 e. The van der Waals surface area contributed by atoms with Gasteiger partial charge in [0.15, 0.2) is 0 Å². The third-order valence-electron chi connectivity index (χ3n) is 5.59. The number of imide groups is 1. The van der Waals surface area contributed by atoms with E-state index in [1.807, 2.05) is 30.3 Å². The number of carbonyl (C=O) groups is 2. The van der Waals surface area contributed by atoms with Crippen LogP contribution in [0.15, 0.2) is 78.9 Å². The highest BCUT2D eigenvalue weighted by atomic mass is 19.1. The molecule has 3 aromatic rings. The predicted octanol–water partition coefficient (Wildman–Crippen LogP) is 5.60. The SMILES string of the molecule is C[C@H]1[C@@H](c2ccccc2)OC(=O)N1C(=O)CC(c1ccc(F)cc1)c1ccc(F)cc1. The first-order chi connectivity index (χ1) is 14.9. The Morgan fingerprint density at radius 2 is 1.42 bits per heavy atom. The van der Waals surface area contributed by atoms with Crippen LogP contribution < -0.4 is 0 Å². The van der Waals surface area contributed by atoms with Crippen LogP contribution in [0.25, 0.3) is 0 Å². The Morgan fingerprint density at radius 3 is 1.94 bits per heavy atom. The van der Waals surface area contributed by atoms with E-state index in [0.29, 0.717) is 11.1 Å². The van der Waals surface area contributed by atoms with Crippen LogP contribution in [0.4, 0.5) is 13.6 Å². The van der Waals surface area contributed by atoms with Gasteiger partial charge < -0.3 is 4.74 Å². The number of halogens is 2. The van der Waals surface area contributed by atoms with E-state index in [4.69, 9.17) is 4.74 Å². The van der Waals surface area contributed by atoms with Gasteiger partial charge in [-0.05, 0) is 47.9 Å². The first-order valence-electron chi connectivity index (χ1n) is 10.0. The standard InChI is InChI=1S/C25H21F2NO3/c1-16-24(19-5-3-2-4-6-19)31-25(30)28(16)23(29)15-22(17-7-11-20(26)12-8-17)18-9-13-21(27)14-10-18/h2-14,16,22,24H,15H2,1H3/t16-,24-/m0/s1. The van der Waals surface area contributed by atoms with Crippen LogP contribution in [0, 0.1) is 11.6 Å². The number of amides is 2. The van der Waals surface area contributed by atoms with Crippen molar-refractivity contribution in [2.24, 2.45) is 0 Å². The Hall–Kier alpha value is -3.54. The molecule has 4 rings (SSSR count). The van der Waals surface area contributed by atoms with Crippen LogP contribution in [0.3, 0.4) is 0 Å². The molecule has 0 radical (unpaired) electrons. The summed E-state index contributed by atoms with van der Waals surface area (Å²) in [5.74, 6) is -1.66. The fourth-order valence-corrected chi connectivity index (χ4v) is 3.98. The summed E-state index contributed by atoms with van der Waals surface area (Å²) in [6.07, 6.45) is -1.28. The molecule has 31 heavy (non-hydrogen) atoms. The summed E-state index contributed by atoms with van der Waals surface area (Å²) in [5.41, 5.74) is 2.20. The Labute approximate surface area is 179 Å². The van der Waals surface area contributed by atoms with Gasteiger partial charge in [-0.2, -0.15) is 0 Å². The van der Waals surface area contributed by atoms with Gasteiger partial charge in [-0.3, -0.25) is 4.79 Å². The van der Waals surface area contributed by atoms with Gasteiger partial charge in [0, 0.05) is 12.3 Å². The minimum Gasteiger partial charge on any atom is -0.439 e. The lowest BCUT2D eigenvalue weighted by Crippen LogP contribution is -2.38. The Balaban J connectivity index is 1.60. The summed E-state index contributed by atoms with van der Waals surface area (Å²) in [4.78, 5) is 26.9. The van der Waals surface area contributed by atoms with E-state index in [9.17, 15) is 18.4 Å². The number of nitrogens with zero attached hydrogens (tertiary/aromatic N) is 1. The number of benzene rings is 3. The molecule has 0 unspecified atom stereocenters. The smallest absolute Gasteiger partial charge is 0.417 e. The monoisotopic (exact) mass is 421 g/mol. The van der Waals surface area contributed by atoms with Gasteiger partial charge in [-0.25, -0.2) is 18.5 Å². The van der Waals surface area contributed by atoms with Crippen molar-refractivity contribution in [2.45, 2.75) is 31.4 Å². The first kappa shape index (κ1) is 20.7. The highest BCUT2D eigenvalue weighted by Gasteiger charge is 2.43. The fraction of sp³-hybridized carbons (Fsp3) is 0.200. The number of ether oxygens (including phenoxy) is 1. The largest absolute Gasteiger partial charge is 0.439 e. The molecule has 6 heteroatoms. The number of hydrogen-bond acceptors (Lipinski definition) is 3. The normalized spacial score (nSPS) is 18.3. The van der Waals surface area contributed by atoms with Gasteiger partial charge in [0.25, 0.3) is 0 Å². The predicted molar refractivity (Wildman–Crippen MR) is 111 cm³/mol. The third kappa shape index (κ3) is 4.33. The molecular formula is C25H21F2NO3. The molecule has 1 heterocycles. The average molecular weight is 421 g/mol. The zero-order chi connectivity index (χ0) is 22.0. The first-order valence-corrected chi connectivity index (χ1v) is 10.0. The van der Waals surface area contributed by atoms with E-state index in [0.717, 1.165) is 10.5 Å². The molecule has 1 aliphatic heterocycles. The minimum atomic E-state index is -0.691. The molecule has 2 atom stereocenters. The van der Waals surface area contributed by atoms with E-state index in [-0.39, 0.29) is 6.42 Å². The molecule has 0 N–H and O–H groups in total. The molecule has 1 fully saturated rings. The number of carbonyl (C=O) groups excluding carboxylic acids is 2. The van der Waals surface area contributed by atoms with Crippen LogP contribution in [-0.2, 0) is 9.53 Å². The molecule has 0 bridgehead atoms. The molecule has 1 saturated heterocycles. The topological polar surface area (TPSA) is 46.6 Å². The average Bonchev–Trinajstić information content (AvgIpc) is 3.08. The lowest BCUT2D eigenvalue weighted by atomic mass is 9.88. The summed E-state index contributed by atoms with van der Waals surface area (Å²) in [6.45, 7) is 1.77. The third-order valence-corrected chi connectivity index (χ3v) is 5.59. The van der Waals surface area contributed by atoms with E-state index in [2.05, 4.69) is 0 Å². The van der Waals surface area contributed by atoms with Crippen molar-refractivity contribution in [2.75, 3.05) is 0 Å². The van der Waals surface area contributed by atoms with Crippen LogP contribution >= 0.6 is 0 Å². The number of rotatable bonds is 5. The summed E-state index contributed by atoms with van der Waals surface area (Å²) in [7, 11) is 0. The summed E-state index contributed by atoms with van der Waals surface area (Å²) >= 11 is 0. The van der Waals surface area contributed by atoms with Crippen molar-refractivity contribution < 1.29 is 23.1 Å². The quantitative estimate of drug-likeness (QED) is 0.539. The molecule has 3 aromatic carbocycles. The summed E-state index contributed by atoms with van der Waals surface area (Å²) in [5, 5.41) is 0. The van der Waals surface area contributed by atoms with Gasteiger partial charge in [-0.15, -0.1) is 0 Å². The Morgan fingerprint density at radius 1 is 0.903 bits per heavy atom. The van der Waals surface area contributed by atoms with Crippen molar-refractivity contribution in [3.05, 3.63) is 107 Å². The van der Waals surface area contributed by atoms with Crippen molar-refractivity contribution in [1.29, 1.82) is 0 Å². The highest BCUT2D eigenvalue weighted by Crippen LogP contribution is 2.35. The molecule has 4 nitrogen and oxygen atoms in total. The fourth-order valence-electron chi connectivity index (χ4n) is 3.98. The maximum atomic E-state index is 13.4. The Kier molecular flexibility index (Phi) is 5.80. The molecular weight excluding hydrogens is 400 g/mol. The Bertz CT molecular complexity index is 1020. The van der Waals surface area contributed by atoms with Gasteiger partial charge in [0.2, 0.25) is 5.91 Å². The van der Waals surface area contributed by atoms with E-state index < -0.39 is 41.7 Å². The van der Waals surface area contributed by atoms with E-state index >= 15 is 0 Å². The summed E-state index contributed by atoms with van der Waals surface area (Å²) < 4.78 is 32.4. The lowest BCUT2D eigenvalue weighted by Gasteiger charge is -2.23.